The van der Waals surface area contributed by atoms with Gasteiger partial charge >= 0.3 is 0 Å². The summed E-state index contributed by atoms with van der Waals surface area (Å²) in [5.41, 5.74) is 0.351. The number of carbonyl (C=O) groups is 2. The topological polar surface area (TPSA) is 78.4 Å². The lowest BCUT2D eigenvalue weighted by Gasteiger charge is -2.26. The largest absolute Gasteiger partial charge is 0.388 e. The maximum atomic E-state index is 12.4. The molecule has 5 nitrogen and oxygen atoms in total. The second-order valence-electron chi connectivity index (χ2n) is 7.71. The van der Waals surface area contributed by atoms with Gasteiger partial charge in [0.25, 0.3) is 5.91 Å². The van der Waals surface area contributed by atoms with Gasteiger partial charge in [0.15, 0.2) is 0 Å². The van der Waals surface area contributed by atoms with Crippen LogP contribution in [0.1, 0.15) is 62.2 Å². The molecule has 3 N–H and O–H groups in total. The molecule has 136 valence electrons. The van der Waals surface area contributed by atoms with Crippen LogP contribution in [0, 0.1) is 11.8 Å². The maximum Gasteiger partial charge on any atom is 0.251 e. The molecular formula is C20H28N2O3. The van der Waals surface area contributed by atoms with Crippen LogP contribution < -0.4 is 10.6 Å². The summed E-state index contributed by atoms with van der Waals surface area (Å²) in [6, 6.07) is 6.97. The number of anilines is 1. The van der Waals surface area contributed by atoms with Gasteiger partial charge in [-0.3, -0.25) is 9.59 Å². The predicted molar refractivity (Wildman–Crippen MR) is 97.3 cm³/mol. The third-order valence-electron chi connectivity index (χ3n) is 5.45. The van der Waals surface area contributed by atoms with Crippen molar-refractivity contribution in [3.8, 4) is 0 Å². The first-order valence-corrected chi connectivity index (χ1v) is 9.38. The van der Waals surface area contributed by atoms with E-state index in [9.17, 15) is 14.7 Å². The molecule has 0 spiro atoms. The summed E-state index contributed by atoms with van der Waals surface area (Å²) < 4.78 is 0. The van der Waals surface area contributed by atoms with Gasteiger partial charge in [0.05, 0.1) is 5.60 Å². The predicted octanol–water partition coefficient (Wildman–Crippen LogP) is 3.10. The fourth-order valence-electron chi connectivity index (χ4n) is 3.57. The molecule has 2 saturated carbocycles. The van der Waals surface area contributed by atoms with Crippen LogP contribution >= 0.6 is 0 Å². The van der Waals surface area contributed by atoms with Crippen LogP contribution in [0.25, 0.3) is 0 Å². The monoisotopic (exact) mass is 344 g/mol. The Morgan fingerprint density at radius 3 is 2.52 bits per heavy atom. The molecule has 5 heteroatoms. The molecule has 0 heterocycles. The highest BCUT2D eigenvalue weighted by Gasteiger charge is 2.39. The Hall–Kier alpha value is -1.88. The quantitative estimate of drug-likeness (QED) is 0.718. The molecule has 0 aliphatic heterocycles. The molecule has 25 heavy (non-hydrogen) atoms. The Morgan fingerprint density at radius 2 is 1.88 bits per heavy atom. The van der Waals surface area contributed by atoms with Gasteiger partial charge in [0.2, 0.25) is 5.91 Å². The summed E-state index contributed by atoms with van der Waals surface area (Å²) in [6.45, 7) is 2.34. The number of amides is 2. The summed E-state index contributed by atoms with van der Waals surface area (Å²) in [5, 5.41) is 16.4. The van der Waals surface area contributed by atoms with Crippen LogP contribution in [0.3, 0.4) is 0 Å². The van der Waals surface area contributed by atoms with Gasteiger partial charge in [-0.2, -0.15) is 0 Å². The summed E-state index contributed by atoms with van der Waals surface area (Å²) in [6.07, 6.45) is 6.73. The minimum Gasteiger partial charge on any atom is -0.388 e. The van der Waals surface area contributed by atoms with Crippen LogP contribution in [0.4, 0.5) is 5.69 Å². The third-order valence-corrected chi connectivity index (χ3v) is 5.45. The standard InChI is InChI=1S/C20H28N2O3/c1-14-11-17(14)19(24)22-16-8-6-7-15(12-16)18(23)21-13-20(25)9-4-2-3-5-10-20/h6-8,12,14,17,25H,2-5,9-11,13H2,1H3,(H,21,23)(H,22,24). The molecule has 2 aliphatic rings. The lowest BCUT2D eigenvalue weighted by Crippen LogP contribution is -2.42. The van der Waals surface area contributed by atoms with Gasteiger partial charge in [-0.25, -0.2) is 0 Å². The van der Waals surface area contributed by atoms with E-state index in [0.717, 1.165) is 44.9 Å². The molecule has 3 rings (SSSR count). The fraction of sp³-hybridized carbons (Fsp3) is 0.600. The molecule has 0 radical (unpaired) electrons. The first-order valence-electron chi connectivity index (χ1n) is 9.38. The van der Waals surface area contributed by atoms with Gasteiger partial charge < -0.3 is 15.7 Å². The van der Waals surface area contributed by atoms with Crippen LogP contribution in [-0.4, -0.2) is 29.1 Å². The van der Waals surface area contributed by atoms with Crippen molar-refractivity contribution in [1.82, 2.24) is 5.32 Å². The average Bonchev–Trinajstić information content (AvgIpc) is 3.36. The highest BCUT2D eigenvalue weighted by atomic mass is 16.3. The summed E-state index contributed by atoms with van der Waals surface area (Å²) in [7, 11) is 0. The van der Waals surface area contributed by atoms with Gasteiger partial charge in [-0.15, -0.1) is 0 Å². The van der Waals surface area contributed by atoms with Crippen molar-refractivity contribution in [2.24, 2.45) is 11.8 Å². The Kier molecular flexibility index (Phi) is 5.42. The molecular weight excluding hydrogens is 316 g/mol. The smallest absolute Gasteiger partial charge is 0.251 e. The van der Waals surface area contributed by atoms with Gasteiger partial charge in [-0.1, -0.05) is 38.7 Å². The second kappa shape index (κ2) is 7.56. The van der Waals surface area contributed by atoms with Gasteiger partial charge in [0.1, 0.15) is 0 Å². The second-order valence-corrected chi connectivity index (χ2v) is 7.71. The minimum atomic E-state index is -0.792. The van der Waals surface area contributed by atoms with Crippen LogP contribution in [-0.2, 0) is 4.79 Å². The van der Waals surface area contributed by atoms with Crippen molar-refractivity contribution in [2.45, 2.75) is 57.5 Å². The number of benzene rings is 1. The first-order chi connectivity index (χ1) is 12.0. The molecule has 0 aromatic heterocycles. The highest BCUT2D eigenvalue weighted by Crippen LogP contribution is 2.38. The van der Waals surface area contributed by atoms with Crippen LogP contribution in [0.5, 0.6) is 0 Å². The zero-order valence-electron chi connectivity index (χ0n) is 14.9. The van der Waals surface area contributed by atoms with Gasteiger partial charge in [-0.05, 0) is 43.4 Å². The molecule has 0 bridgehead atoms. The SMILES string of the molecule is CC1CC1C(=O)Nc1cccc(C(=O)NCC2(O)CCCCCC2)c1. The van der Waals surface area contributed by atoms with E-state index in [4.69, 9.17) is 0 Å². The Bertz CT molecular complexity index is 636. The molecule has 2 fully saturated rings. The molecule has 2 aliphatic carbocycles. The number of aliphatic hydroxyl groups is 1. The van der Waals surface area contributed by atoms with Crippen molar-refractivity contribution in [3.05, 3.63) is 29.8 Å². The van der Waals surface area contributed by atoms with E-state index in [1.54, 1.807) is 24.3 Å². The van der Waals surface area contributed by atoms with Gasteiger partial charge in [0, 0.05) is 23.7 Å². The number of nitrogens with one attached hydrogen (secondary N) is 2. The van der Waals surface area contributed by atoms with E-state index in [1.165, 1.54) is 0 Å². The number of hydrogen-bond acceptors (Lipinski definition) is 3. The van der Waals surface area contributed by atoms with E-state index in [0.29, 0.717) is 17.2 Å². The van der Waals surface area contributed by atoms with Crippen molar-refractivity contribution >= 4 is 17.5 Å². The van der Waals surface area contributed by atoms with Crippen molar-refractivity contribution in [2.75, 3.05) is 11.9 Å². The molecule has 2 unspecified atom stereocenters. The third kappa shape index (κ3) is 4.82. The summed E-state index contributed by atoms with van der Waals surface area (Å²) >= 11 is 0. The Labute approximate surface area is 149 Å². The van der Waals surface area contributed by atoms with Crippen molar-refractivity contribution in [1.29, 1.82) is 0 Å². The van der Waals surface area contributed by atoms with E-state index in [1.807, 2.05) is 0 Å². The van der Waals surface area contributed by atoms with E-state index in [-0.39, 0.29) is 24.3 Å². The number of hydrogen-bond donors (Lipinski definition) is 3. The molecule has 1 aromatic rings. The maximum absolute atomic E-state index is 12.4. The van der Waals surface area contributed by atoms with E-state index < -0.39 is 5.60 Å². The minimum absolute atomic E-state index is 0.0258. The van der Waals surface area contributed by atoms with Crippen LogP contribution in [0.15, 0.2) is 24.3 Å². The molecule has 0 saturated heterocycles. The fourth-order valence-corrected chi connectivity index (χ4v) is 3.57. The lowest BCUT2D eigenvalue weighted by molar-refractivity contribution is -0.117. The highest BCUT2D eigenvalue weighted by molar-refractivity contribution is 5.98. The van der Waals surface area contributed by atoms with E-state index >= 15 is 0 Å². The molecule has 2 amide bonds. The summed E-state index contributed by atoms with van der Waals surface area (Å²) in [4.78, 5) is 24.4. The van der Waals surface area contributed by atoms with E-state index in [2.05, 4.69) is 17.6 Å². The average molecular weight is 344 g/mol. The zero-order chi connectivity index (χ0) is 17.9. The Balaban J connectivity index is 1.56. The normalized spacial score (nSPS) is 24.9. The molecule has 1 aromatic carbocycles. The first kappa shape index (κ1) is 17.9. The van der Waals surface area contributed by atoms with Crippen molar-refractivity contribution in [3.63, 3.8) is 0 Å². The molecule has 2 atom stereocenters. The number of rotatable bonds is 5. The summed E-state index contributed by atoms with van der Waals surface area (Å²) in [5.74, 6) is 0.361. The number of carbonyl (C=O) groups excluding carboxylic acids is 2. The zero-order valence-corrected chi connectivity index (χ0v) is 14.9. The lowest BCUT2D eigenvalue weighted by atomic mass is 9.94. The Morgan fingerprint density at radius 1 is 1.20 bits per heavy atom. The van der Waals surface area contributed by atoms with Crippen LogP contribution in [0.2, 0.25) is 0 Å². The van der Waals surface area contributed by atoms with Crippen molar-refractivity contribution < 1.29 is 14.7 Å².